The van der Waals surface area contributed by atoms with Crippen LogP contribution in [0.1, 0.15) is 11.1 Å². The zero-order chi connectivity index (χ0) is 21.0. The molecule has 0 aromatic heterocycles. The minimum absolute atomic E-state index is 0.804. The first-order valence-electron chi connectivity index (χ1n) is 9.96. The van der Waals surface area contributed by atoms with Gasteiger partial charge in [0.05, 0.1) is 0 Å². The highest BCUT2D eigenvalue weighted by molar-refractivity contribution is 5.46. The van der Waals surface area contributed by atoms with Crippen molar-refractivity contribution in [2.45, 2.75) is 13.1 Å². The Morgan fingerprint density at radius 2 is 0.767 bits per heavy atom. The van der Waals surface area contributed by atoms with E-state index in [1.54, 1.807) is 0 Å². The van der Waals surface area contributed by atoms with Crippen molar-refractivity contribution in [1.29, 1.82) is 0 Å². The molecule has 4 nitrogen and oxygen atoms in total. The van der Waals surface area contributed by atoms with E-state index in [1.807, 2.05) is 84.9 Å². The molecule has 0 aliphatic carbocycles. The second kappa shape index (κ2) is 11.2. The van der Waals surface area contributed by atoms with Gasteiger partial charge in [-0.3, -0.25) is 0 Å². The van der Waals surface area contributed by atoms with Crippen LogP contribution in [-0.2, 0) is 13.1 Å². The van der Waals surface area contributed by atoms with E-state index in [9.17, 15) is 0 Å². The lowest BCUT2D eigenvalue weighted by molar-refractivity contribution is 1.15. The molecule has 4 aromatic carbocycles. The molecule has 0 saturated carbocycles. The van der Waals surface area contributed by atoms with Gasteiger partial charge in [-0.05, 0) is 59.7 Å². The van der Waals surface area contributed by atoms with Crippen LogP contribution in [0.15, 0.2) is 109 Å². The molecule has 0 aliphatic heterocycles. The lowest BCUT2D eigenvalue weighted by Crippen LogP contribution is -1.98. The smallest absolute Gasteiger partial charge is 0.0400 e. The fourth-order valence-corrected chi connectivity index (χ4v) is 2.79. The molecule has 152 valence electrons. The van der Waals surface area contributed by atoms with Gasteiger partial charge in [0, 0.05) is 35.8 Å². The third kappa shape index (κ3) is 7.24. The molecule has 0 saturated heterocycles. The van der Waals surface area contributed by atoms with Gasteiger partial charge in [0.25, 0.3) is 0 Å². The van der Waals surface area contributed by atoms with E-state index in [0.29, 0.717) is 0 Å². The minimum atomic E-state index is 0.804. The minimum Gasteiger partial charge on any atom is -0.399 e. The van der Waals surface area contributed by atoms with Gasteiger partial charge in [0.15, 0.2) is 0 Å². The van der Waals surface area contributed by atoms with Crippen LogP contribution in [0.2, 0.25) is 0 Å². The molecule has 4 heteroatoms. The number of anilines is 4. The maximum absolute atomic E-state index is 5.61. The van der Waals surface area contributed by atoms with Crippen LogP contribution in [0.25, 0.3) is 0 Å². The second-order valence-electron chi connectivity index (χ2n) is 6.92. The van der Waals surface area contributed by atoms with Gasteiger partial charge in [-0.1, -0.05) is 60.7 Å². The van der Waals surface area contributed by atoms with Gasteiger partial charge in [-0.25, -0.2) is 0 Å². The van der Waals surface area contributed by atoms with Crippen molar-refractivity contribution in [3.05, 3.63) is 120 Å². The van der Waals surface area contributed by atoms with E-state index in [-0.39, 0.29) is 0 Å². The summed E-state index contributed by atoms with van der Waals surface area (Å²) in [6.07, 6.45) is 0. The van der Waals surface area contributed by atoms with Gasteiger partial charge < -0.3 is 22.1 Å². The normalized spacial score (nSPS) is 9.87. The van der Waals surface area contributed by atoms with E-state index in [0.717, 1.165) is 35.8 Å². The van der Waals surface area contributed by atoms with Gasteiger partial charge in [-0.2, -0.15) is 0 Å². The van der Waals surface area contributed by atoms with Gasteiger partial charge >= 0.3 is 0 Å². The Kier molecular flexibility index (Phi) is 7.75. The molecule has 0 amide bonds. The Morgan fingerprint density at radius 3 is 1.10 bits per heavy atom. The molecule has 0 spiro atoms. The number of rotatable bonds is 6. The molecule has 0 fully saturated rings. The Bertz CT molecular complexity index is 898. The number of nitrogens with two attached hydrogens (primary N) is 2. The summed E-state index contributed by atoms with van der Waals surface area (Å²) in [6, 6.07) is 36.1. The summed E-state index contributed by atoms with van der Waals surface area (Å²) in [5.41, 5.74) is 17.6. The fourth-order valence-electron chi connectivity index (χ4n) is 2.79. The van der Waals surface area contributed by atoms with Crippen LogP contribution in [-0.4, -0.2) is 0 Å². The van der Waals surface area contributed by atoms with Gasteiger partial charge in [-0.15, -0.1) is 0 Å². The van der Waals surface area contributed by atoms with Crippen molar-refractivity contribution in [3.63, 3.8) is 0 Å². The van der Waals surface area contributed by atoms with Crippen molar-refractivity contribution in [2.75, 3.05) is 22.1 Å². The predicted octanol–water partition coefficient (Wildman–Crippen LogP) is 5.76. The van der Waals surface area contributed by atoms with Crippen molar-refractivity contribution in [1.82, 2.24) is 0 Å². The molecule has 0 aliphatic rings. The van der Waals surface area contributed by atoms with Gasteiger partial charge in [0.1, 0.15) is 0 Å². The Labute approximate surface area is 178 Å². The van der Waals surface area contributed by atoms with Crippen molar-refractivity contribution in [2.24, 2.45) is 0 Å². The monoisotopic (exact) mass is 396 g/mol. The Hall–Kier alpha value is -3.92. The molecule has 4 rings (SSSR count). The van der Waals surface area contributed by atoms with Gasteiger partial charge in [0.2, 0.25) is 0 Å². The lowest BCUT2D eigenvalue weighted by Gasteiger charge is -2.06. The van der Waals surface area contributed by atoms with Crippen LogP contribution in [0.5, 0.6) is 0 Å². The first-order valence-corrected chi connectivity index (χ1v) is 9.96. The molecule has 0 heterocycles. The third-order valence-electron chi connectivity index (χ3n) is 4.50. The van der Waals surface area contributed by atoms with E-state index in [4.69, 9.17) is 11.5 Å². The highest BCUT2D eigenvalue weighted by atomic mass is 14.9. The van der Waals surface area contributed by atoms with Crippen LogP contribution < -0.4 is 22.1 Å². The first kappa shape index (κ1) is 20.8. The number of nitrogen functional groups attached to an aromatic ring is 2. The summed E-state index contributed by atoms with van der Waals surface area (Å²) in [5, 5.41) is 6.68. The van der Waals surface area contributed by atoms with Crippen LogP contribution in [0, 0.1) is 0 Å². The maximum atomic E-state index is 5.61. The van der Waals surface area contributed by atoms with E-state index < -0.39 is 0 Å². The molecule has 0 unspecified atom stereocenters. The summed E-state index contributed by atoms with van der Waals surface area (Å²) in [7, 11) is 0. The molecular weight excluding hydrogens is 368 g/mol. The molecule has 6 N–H and O–H groups in total. The molecule has 0 radical (unpaired) electrons. The third-order valence-corrected chi connectivity index (χ3v) is 4.50. The largest absolute Gasteiger partial charge is 0.399 e. The topological polar surface area (TPSA) is 76.1 Å². The summed E-state index contributed by atoms with van der Waals surface area (Å²) in [4.78, 5) is 0. The van der Waals surface area contributed by atoms with Crippen molar-refractivity contribution >= 4 is 22.7 Å². The van der Waals surface area contributed by atoms with Crippen LogP contribution in [0.4, 0.5) is 22.7 Å². The Balaban J connectivity index is 0.000000171. The number of benzene rings is 4. The average Bonchev–Trinajstić information content (AvgIpc) is 2.80. The Morgan fingerprint density at radius 1 is 0.433 bits per heavy atom. The summed E-state index contributed by atoms with van der Waals surface area (Å²) in [6.45, 7) is 1.65. The lowest BCUT2D eigenvalue weighted by atomic mass is 10.2. The molecule has 0 atom stereocenters. The molecule has 0 bridgehead atoms. The van der Waals surface area contributed by atoms with Crippen molar-refractivity contribution < 1.29 is 0 Å². The van der Waals surface area contributed by atoms with E-state index in [1.165, 1.54) is 11.1 Å². The molecular formula is C26H28N4. The first-order chi connectivity index (χ1) is 14.7. The summed E-state index contributed by atoms with van der Waals surface area (Å²) >= 11 is 0. The van der Waals surface area contributed by atoms with E-state index >= 15 is 0 Å². The summed E-state index contributed by atoms with van der Waals surface area (Å²) in [5.74, 6) is 0. The number of nitrogens with one attached hydrogen (secondary N) is 2. The SMILES string of the molecule is Nc1ccc(CNc2ccccc2)cc1.Nc1ccc(CNc2ccccc2)cc1. The highest BCUT2D eigenvalue weighted by Crippen LogP contribution is 2.11. The zero-order valence-corrected chi connectivity index (χ0v) is 17.0. The number of hydrogen-bond donors (Lipinski definition) is 4. The quantitative estimate of drug-likeness (QED) is 0.312. The summed E-state index contributed by atoms with van der Waals surface area (Å²) < 4.78 is 0. The maximum Gasteiger partial charge on any atom is 0.0400 e. The molecule has 30 heavy (non-hydrogen) atoms. The second-order valence-corrected chi connectivity index (χ2v) is 6.92. The average molecular weight is 397 g/mol. The van der Waals surface area contributed by atoms with Crippen LogP contribution in [0.3, 0.4) is 0 Å². The molecule has 4 aromatic rings. The standard InChI is InChI=1S/2C13H14N2/c2*14-12-8-6-11(7-9-12)10-15-13-4-2-1-3-5-13/h2*1-9,15H,10,14H2. The van der Waals surface area contributed by atoms with E-state index in [2.05, 4.69) is 34.9 Å². The number of para-hydroxylation sites is 2. The fraction of sp³-hybridized carbons (Fsp3) is 0.0769. The van der Waals surface area contributed by atoms with Crippen LogP contribution >= 0.6 is 0 Å². The van der Waals surface area contributed by atoms with Crippen molar-refractivity contribution in [3.8, 4) is 0 Å². The highest BCUT2D eigenvalue weighted by Gasteiger charge is 1.94. The predicted molar refractivity (Wildman–Crippen MR) is 129 cm³/mol. The number of hydrogen-bond acceptors (Lipinski definition) is 4. The zero-order valence-electron chi connectivity index (χ0n) is 17.0.